The predicted octanol–water partition coefficient (Wildman–Crippen LogP) is -1.43. The van der Waals surface area contributed by atoms with E-state index in [9.17, 15) is 19.8 Å². The SMILES string of the molecule is CCCCCCCCCCCCc1ccccc1.O=C([O-])c1ccccc1C(=O)[O-].[Na+].[Na+]. The first-order valence-corrected chi connectivity index (χ1v) is 11.1. The van der Waals surface area contributed by atoms with Crippen LogP contribution in [0.2, 0.25) is 0 Å². The summed E-state index contributed by atoms with van der Waals surface area (Å²) in [5, 5.41) is 20.6. The molecular formula is C26H34Na2O4. The van der Waals surface area contributed by atoms with Gasteiger partial charge in [-0.25, -0.2) is 0 Å². The minimum atomic E-state index is -1.52. The zero-order valence-corrected chi connectivity index (χ0v) is 24.1. The molecule has 6 heteroatoms. The number of rotatable bonds is 13. The van der Waals surface area contributed by atoms with Crippen molar-refractivity contribution in [3.05, 3.63) is 71.3 Å². The number of benzene rings is 2. The fourth-order valence-electron chi connectivity index (χ4n) is 3.30. The van der Waals surface area contributed by atoms with E-state index in [0.29, 0.717) is 0 Å². The summed E-state index contributed by atoms with van der Waals surface area (Å²) in [6.07, 6.45) is 15.5. The molecule has 32 heavy (non-hydrogen) atoms. The second kappa shape index (κ2) is 22.2. The molecule has 0 atom stereocenters. The topological polar surface area (TPSA) is 80.3 Å². The van der Waals surface area contributed by atoms with Gasteiger partial charge in [-0.3, -0.25) is 0 Å². The molecule has 0 unspecified atom stereocenters. The fraction of sp³-hybridized carbons (Fsp3) is 0.462. The second-order valence-corrected chi connectivity index (χ2v) is 7.54. The summed E-state index contributed by atoms with van der Waals surface area (Å²) in [5.74, 6) is -3.04. The molecule has 0 N–H and O–H groups in total. The smallest absolute Gasteiger partial charge is 0.545 e. The van der Waals surface area contributed by atoms with Gasteiger partial charge in [-0.1, -0.05) is 119 Å². The number of carbonyl (C=O) groups is 2. The summed E-state index contributed by atoms with van der Waals surface area (Å²) in [5.41, 5.74) is 0.770. The number of aromatic carboxylic acids is 2. The summed E-state index contributed by atoms with van der Waals surface area (Å²) in [6, 6.07) is 16.0. The van der Waals surface area contributed by atoms with Gasteiger partial charge in [-0.15, -0.1) is 0 Å². The van der Waals surface area contributed by atoms with Gasteiger partial charge in [0.1, 0.15) is 0 Å². The van der Waals surface area contributed by atoms with Crippen molar-refractivity contribution in [2.45, 2.75) is 77.6 Å². The van der Waals surface area contributed by atoms with Gasteiger partial charge in [-0.05, 0) is 18.4 Å². The van der Waals surface area contributed by atoms with E-state index in [1.54, 1.807) is 0 Å². The zero-order valence-electron chi connectivity index (χ0n) is 20.1. The number of carboxylic acids is 2. The first-order valence-electron chi connectivity index (χ1n) is 11.1. The van der Waals surface area contributed by atoms with E-state index in [2.05, 4.69) is 37.3 Å². The summed E-state index contributed by atoms with van der Waals surface area (Å²) in [4.78, 5) is 20.6. The minimum Gasteiger partial charge on any atom is -0.545 e. The summed E-state index contributed by atoms with van der Waals surface area (Å²) >= 11 is 0. The average molecular weight is 457 g/mol. The largest absolute Gasteiger partial charge is 1.00 e. The molecule has 0 heterocycles. The van der Waals surface area contributed by atoms with Crippen LogP contribution in [0.25, 0.3) is 0 Å². The Labute approximate surface area is 237 Å². The van der Waals surface area contributed by atoms with Gasteiger partial charge in [0.15, 0.2) is 0 Å². The van der Waals surface area contributed by atoms with Crippen LogP contribution in [0.1, 0.15) is 97.4 Å². The van der Waals surface area contributed by atoms with Gasteiger partial charge in [0.25, 0.3) is 0 Å². The first kappa shape index (κ1) is 33.6. The number of carbonyl (C=O) groups excluding carboxylic acids is 2. The fourth-order valence-corrected chi connectivity index (χ4v) is 3.30. The van der Waals surface area contributed by atoms with Crippen LogP contribution in [0.4, 0.5) is 0 Å². The van der Waals surface area contributed by atoms with E-state index >= 15 is 0 Å². The van der Waals surface area contributed by atoms with Crippen LogP contribution >= 0.6 is 0 Å². The van der Waals surface area contributed by atoms with Crippen molar-refractivity contribution >= 4 is 11.9 Å². The summed E-state index contributed by atoms with van der Waals surface area (Å²) < 4.78 is 0. The molecule has 0 aliphatic heterocycles. The van der Waals surface area contributed by atoms with E-state index in [1.807, 2.05) is 0 Å². The van der Waals surface area contributed by atoms with Gasteiger partial charge in [0.05, 0.1) is 11.9 Å². The maximum atomic E-state index is 10.3. The molecule has 2 rings (SSSR count). The normalized spacial score (nSPS) is 9.53. The summed E-state index contributed by atoms with van der Waals surface area (Å²) in [6.45, 7) is 2.28. The number of aryl methyl sites for hydroxylation is 1. The van der Waals surface area contributed by atoms with Crippen molar-refractivity contribution in [2.75, 3.05) is 0 Å². The molecule has 0 saturated heterocycles. The molecule has 2 aromatic carbocycles. The Hall–Kier alpha value is -0.620. The van der Waals surface area contributed by atoms with Crippen LogP contribution < -0.4 is 69.3 Å². The quantitative estimate of drug-likeness (QED) is 0.274. The Kier molecular flexibility index (Phi) is 23.3. The summed E-state index contributed by atoms with van der Waals surface area (Å²) in [7, 11) is 0. The predicted molar refractivity (Wildman–Crippen MR) is 117 cm³/mol. The number of unbranched alkanes of at least 4 members (excludes halogenated alkanes) is 9. The molecule has 2 aromatic rings. The van der Waals surface area contributed by atoms with Crippen molar-refractivity contribution in [1.29, 1.82) is 0 Å². The van der Waals surface area contributed by atoms with Crippen LogP contribution in [0.5, 0.6) is 0 Å². The van der Waals surface area contributed by atoms with Gasteiger partial charge < -0.3 is 19.8 Å². The Bertz CT molecular complexity index is 703. The van der Waals surface area contributed by atoms with Crippen LogP contribution in [-0.4, -0.2) is 11.9 Å². The molecule has 164 valence electrons. The molecular weight excluding hydrogens is 422 g/mol. The van der Waals surface area contributed by atoms with Gasteiger partial charge in [-0.2, -0.15) is 0 Å². The number of carboxylic acid groups (broad SMARTS) is 2. The molecule has 0 saturated carbocycles. The molecule has 0 spiro atoms. The minimum absolute atomic E-state index is 0. The molecule has 0 aromatic heterocycles. The Morgan fingerprint density at radius 1 is 0.594 bits per heavy atom. The van der Waals surface area contributed by atoms with Crippen molar-refractivity contribution in [2.24, 2.45) is 0 Å². The van der Waals surface area contributed by atoms with Crippen molar-refractivity contribution in [3.63, 3.8) is 0 Å². The molecule has 0 radical (unpaired) electrons. The zero-order chi connectivity index (χ0) is 22.0. The maximum Gasteiger partial charge on any atom is 1.00 e. The molecule has 0 aliphatic rings. The third-order valence-corrected chi connectivity index (χ3v) is 5.03. The van der Waals surface area contributed by atoms with Crippen LogP contribution in [0.3, 0.4) is 0 Å². The van der Waals surface area contributed by atoms with E-state index in [4.69, 9.17) is 0 Å². The van der Waals surface area contributed by atoms with Crippen LogP contribution in [0.15, 0.2) is 54.6 Å². The number of hydrogen-bond donors (Lipinski definition) is 0. The van der Waals surface area contributed by atoms with Crippen molar-refractivity contribution < 1.29 is 78.9 Å². The van der Waals surface area contributed by atoms with Crippen LogP contribution in [0, 0.1) is 0 Å². The van der Waals surface area contributed by atoms with E-state index in [1.165, 1.54) is 88.3 Å². The average Bonchev–Trinajstić information content (AvgIpc) is 2.76. The van der Waals surface area contributed by atoms with Gasteiger partial charge in [0, 0.05) is 11.1 Å². The second-order valence-electron chi connectivity index (χ2n) is 7.54. The van der Waals surface area contributed by atoms with Gasteiger partial charge in [0.2, 0.25) is 0 Å². The van der Waals surface area contributed by atoms with Crippen LogP contribution in [-0.2, 0) is 6.42 Å². The first-order chi connectivity index (χ1) is 14.6. The monoisotopic (exact) mass is 456 g/mol. The molecule has 0 fully saturated rings. The Morgan fingerprint density at radius 3 is 1.38 bits per heavy atom. The van der Waals surface area contributed by atoms with E-state index in [-0.39, 0.29) is 70.2 Å². The molecule has 4 nitrogen and oxygen atoms in total. The maximum absolute atomic E-state index is 10.3. The third-order valence-electron chi connectivity index (χ3n) is 5.03. The van der Waals surface area contributed by atoms with E-state index in [0.717, 1.165) is 12.1 Å². The van der Waals surface area contributed by atoms with Crippen molar-refractivity contribution in [3.8, 4) is 0 Å². The van der Waals surface area contributed by atoms with Gasteiger partial charge >= 0.3 is 59.1 Å². The molecule has 0 aliphatic carbocycles. The number of hydrogen-bond acceptors (Lipinski definition) is 4. The standard InChI is InChI=1S/C18H30.C8H6O4.2Na/c1-2-3-4-5-6-7-8-9-10-12-15-18-16-13-11-14-17-18;9-7(10)5-3-1-2-4-6(5)8(11)12;;/h11,13-14,16-17H,2-10,12,15H2,1H3;1-4H,(H,9,10)(H,11,12);;/q;;2*+1/p-2. The molecule has 0 amide bonds. The Morgan fingerprint density at radius 2 is 0.969 bits per heavy atom. The van der Waals surface area contributed by atoms with Crippen molar-refractivity contribution in [1.82, 2.24) is 0 Å². The third kappa shape index (κ3) is 16.1. The Balaban J connectivity index is 0. The molecule has 0 bridgehead atoms. The van der Waals surface area contributed by atoms with E-state index < -0.39 is 11.9 Å².